The normalized spacial score (nSPS) is 16.0. The maximum absolute atomic E-state index is 12.3. The van der Waals surface area contributed by atoms with E-state index in [4.69, 9.17) is 0 Å². The number of nitrogens with zero attached hydrogens (tertiary/aromatic N) is 4. The average Bonchev–Trinajstić information content (AvgIpc) is 3.05. The fraction of sp³-hybridized carbons (Fsp3) is 0.286. The molecule has 3 heterocycles. The Morgan fingerprint density at radius 1 is 1.10 bits per heavy atom. The van der Waals surface area contributed by atoms with Crippen molar-refractivity contribution in [1.82, 2.24) is 14.5 Å². The molecule has 0 spiro atoms. The Bertz CT molecular complexity index is 1080. The number of piperazine rings is 1. The summed E-state index contributed by atoms with van der Waals surface area (Å²) >= 11 is 3.44. The zero-order valence-electron chi connectivity index (χ0n) is 16.1. The van der Waals surface area contributed by atoms with E-state index in [-0.39, 0.29) is 6.54 Å². The van der Waals surface area contributed by atoms with Crippen LogP contribution in [0.25, 0.3) is 10.9 Å². The van der Waals surface area contributed by atoms with Crippen LogP contribution in [0.5, 0.6) is 0 Å². The van der Waals surface area contributed by atoms with Gasteiger partial charge in [-0.05, 0) is 30.3 Å². The fourth-order valence-electron chi connectivity index (χ4n) is 4.03. The van der Waals surface area contributed by atoms with Crippen LogP contribution >= 0.6 is 15.9 Å². The summed E-state index contributed by atoms with van der Waals surface area (Å²) in [5, 5.41) is 20.1. The Balaban J connectivity index is 1.65. The summed E-state index contributed by atoms with van der Waals surface area (Å²) in [6.07, 6.45) is 3.41. The maximum atomic E-state index is 12.3. The number of rotatable bonds is 6. The smallest absolute Gasteiger partial charge is 0.325 e. The van der Waals surface area contributed by atoms with Crippen molar-refractivity contribution in [3.63, 3.8) is 0 Å². The lowest BCUT2D eigenvalue weighted by Crippen LogP contribution is -2.49. The first-order valence-corrected chi connectivity index (χ1v) is 10.4. The minimum absolute atomic E-state index is 0.224. The first-order chi connectivity index (χ1) is 14.4. The Morgan fingerprint density at radius 2 is 1.87 bits per heavy atom. The minimum Gasteiger partial charge on any atom is -0.480 e. The van der Waals surface area contributed by atoms with E-state index in [2.05, 4.69) is 25.8 Å². The molecule has 2 N–H and O–H groups in total. The van der Waals surface area contributed by atoms with E-state index in [1.807, 2.05) is 41.3 Å². The molecule has 1 fully saturated rings. The van der Waals surface area contributed by atoms with Crippen LogP contribution in [0.1, 0.15) is 11.6 Å². The highest BCUT2D eigenvalue weighted by Crippen LogP contribution is 2.33. The molecule has 3 aromatic rings. The van der Waals surface area contributed by atoms with Crippen LogP contribution in [0.4, 0.5) is 5.82 Å². The third kappa shape index (κ3) is 4.03. The lowest BCUT2D eigenvalue weighted by atomic mass is 10.0. The van der Waals surface area contributed by atoms with Gasteiger partial charge in [0.2, 0.25) is 0 Å². The van der Waals surface area contributed by atoms with Crippen LogP contribution in [0.15, 0.2) is 53.3 Å². The number of pyridine rings is 1. The van der Waals surface area contributed by atoms with E-state index < -0.39 is 18.0 Å². The Hall–Kier alpha value is -2.91. The number of benzene rings is 1. The molecule has 156 valence electrons. The zero-order valence-corrected chi connectivity index (χ0v) is 17.7. The first kappa shape index (κ1) is 20.4. The molecule has 0 bridgehead atoms. The molecule has 0 radical (unpaired) electrons. The third-order valence-electron chi connectivity index (χ3n) is 5.36. The summed E-state index contributed by atoms with van der Waals surface area (Å²) in [7, 11) is 0. The number of carbonyl (C=O) groups is 2. The van der Waals surface area contributed by atoms with Gasteiger partial charge >= 0.3 is 11.9 Å². The molecular formula is C21H21BrN4O4. The third-order valence-corrected chi connectivity index (χ3v) is 5.85. The Labute approximate surface area is 181 Å². The monoisotopic (exact) mass is 472 g/mol. The Kier molecular flexibility index (Phi) is 5.74. The van der Waals surface area contributed by atoms with E-state index in [1.165, 1.54) is 0 Å². The van der Waals surface area contributed by atoms with Crippen molar-refractivity contribution in [2.24, 2.45) is 0 Å². The van der Waals surface area contributed by atoms with Gasteiger partial charge in [0.05, 0.1) is 0 Å². The van der Waals surface area contributed by atoms with Gasteiger partial charge in [-0.1, -0.05) is 22.0 Å². The van der Waals surface area contributed by atoms with Crippen molar-refractivity contribution in [3.05, 3.63) is 58.8 Å². The van der Waals surface area contributed by atoms with Crippen molar-refractivity contribution in [3.8, 4) is 0 Å². The molecule has 1 aromatic carbocycles. The molecule has 8 nitrogen and oxygen atoms in total. The second-order valence-corrected chi connectivity index (χ2v) is 8.13. The molecule has 0 amide bonds. The second-order valence-electron chi connectivity index (χ2n) is 7.22. The van der Waals surface area contributed by atoms with Crippen molar-refractivity contribution >= 4 is 44.6 Å². The molecule has 0 unspecified atom stereocenters. The SMILES string of the molecule is O=C(O)Cn1cc([C@H](C(=O)O)N2CCN(c3ccccn3)CC2)c2cc(Br)ccc21. The van der Waals surface area contributed by atoms with Crippen molar-refractivity contribution in [1.29, 1.82) is 0 Å². The Morgan fingerprint density at radius 3 is 2.50 bits per heavy atom. The first-order valence-electron chi connectivity index (χ1n) is 9.57. The number of fused-ring (bicyclic) bond motifs is 1. The van der Waals surface area contributed by atoms with Gasteiger partial charge in [0, 0.05) is 59.5 Å². The molecule has 1 aliphatic heterocycles. The van der Waals surface area contributed by atoms with Crippen LogP contribution < -0.4 is 4.90 Å². The van der Waals surface area contributed by atoms with Crippen LogP contribution in [-0.4, -0.2) is 62.8 Å². The molecular weight excluding hydrogens is 452 g/mol. The topological polar surface area (TPSA) is 98.9 Å². The molecule has 4 rings (SSSR count). The number of carboxylic acids is 2. The van der Waals surface area contributed by atoms with E-state index >= 15 is 0 Å². The number of hydrogen-bond acceptors (Lipinski definition) is 5. The maximum Gasteiger partial charge on any atom is 0.325 e. The van der Waals surface area contributed by atoms with Crippen LogP contribution in [-0.2, 0) is 16.1 Å². The summed E-state index contributed by atoms with van der Waals surface area (Å²) in [6, 6.07) is 10.4. The highest BCUT2D eigenvalue weighted by Gasteiger charge is 2.33. The number of carboxylic acid groups (broad SMARTS) is 2. The lowest BCUT2D eigenvalue weighted by Gasteiger charge is -2.38. The van der Waals surface area contributed by atoms with Gasteiger partial charge in [0.1, 0.15) is 18.4 Å². The zero-order chi connectivity index (χ0) is 21.3. The molecule has 0 saturated carbocycles. The second kappa shape index (κ2) is 8.45. The molecule has 1 atom stereocenters. The van der Waals surface area contributed by atoms with Gasteiger partial charge in [-0.3, -0.25) is 14.5 Å². The molecule has 30 heavy (non-hydrogen) atoms. The summed E-state index contributed by atoms with van der Waals surface area (Å²) in [4.78, 5) is 32.0. The van der Waals surface area contributed by atoms with Crippen LogP contribution in [0.3, 0.4) is 0 Å². The van der Waals surface area contributed by atoms with Gasteiger partial charge in [0.15, 0.2) is 0 Å². The highest BCUT2D eigenvalue weighted by atomic mass is 79.9. The summed E-state index contributed by atoms with van der Waals surface area (Å²) in [5.74, 6) is -1.04. The number of anilines is 1. The number of hydrogen-bond donors (Lipinski definition) is 2. The van der Waals surface area contributed by atoms with Crippen LogP contribution in [0, 0.1) is 0 Å². The average molecular weight is 473 g/mol. The molecule has 1 saturated heterocycles. The lowest BCUT2D eigenvalue weighted by molar-refractivity contribution is -0.143. The summed E-state index contributed by atoms with van der Waals surface area (Å²) in [5.41, 5.74) is 1.31. The van der Waals surface area contributed by atoms with E-state index in [0.717, 1.165) is 15.7 Å². The number of halogens is 1. The van der Waals surface area contributed by atoms with Crippen LogP contribution in [0.2, 0.25) is 0 Å². The van der Waals surface area contributed by atoms with Gasteiger partial charge in [-0.25, -0.2) is 4.98 Å². The standard InChI is InChI=1S/C21H21BrN4O4/c22-14-4-5-17-15(11-14)16(12-26(17)13-19(27)28)20(21(29)30)25-9-7-24(8-10-25)18-3-1-2-6-23-18/h1-6,11-12,20H,7-10,13H2,(H,27,28)(H,29,30)/t20-/m1/s1. The predicted molar refractivity (Wildman–Crippen MR) is 116 cm³/mol. The molecule has 9 heteroatoms. The number of aliphatic carboxylic acids is 2. The predicted octanol–water partition coefficient (Wildman–Crippen LogP) is 2.83. The summed E-state index contributed by atoms with van der Waals surface area (Å²) < 4.78 is 2.41. The van der Waals surface area contributed by atoms with Gasteiger partial charge in [-0.2, -0.15) is 0 Å². The van der Waals surface area contributed by atoms with E-state index in [0.29, 0.717) is 37.3 Å². The molecule has 2 aromatic heterocycles. The van der Waals surface area contributed by atoms with E-state index in [1.54, 1.807) is 17.0 Å². The fourth-order valence-corrected chi connectivity index (χ4v) is 4.39. The van der Waals surface area contributed by atoms with Crippen molar-refractivity contribution in [2.45, 2.75) is 12.6 Å². The molecule has 1 aliphatic rings. The summed E-state index contributed by atoms with van der Waals surface area (Å²) in [6.45, 7) is 2.23. The highest BCUT2D eigenvalue weighted by molar-refractivity contribution is 9.10. The van der Waals surface area contributed by atoms with Gasteiger partial charge in [0.25, 0.3) is 0 Å². The molecule has 0 aliphatic carbocycles. The van der Waals surface area contributed by atoms with Crippen molar-refractivity contribution < 1.29 is 19.8 Å². The largest absolute Gasteiger partial charge is 0.480 e. The van der Waals surface area contributed by atoms with Crippen molar-refractivity contribution in [2.75, 3.05) is 31.1 Å². The van der Waals surface area contributed by atoms with E-state index in [9.17, 15) is 19.8 Å². The van der Waals surface area contributed by atoms with Gasteiger partial charge in [-0.15, -0.1) is 0 Å². The quantitative estimate of drug-likeness (QED) is 0.568. The minimum atomic E-state index is -0.975. The number of aromatic nitrogens is 2. The van der Waals surface area contributed by atoms with Gasteiger partial charge < -0.3 is 19.7 Å².